The Morgan fingerprint density at radius 2 is 1.97 bits per heavy atom. The number of nitrogens with one attached hydrogen (secondary N) is 1. The van der Waals surface area contributed by atoms with Crippen LogP contribution in [0.15, 0.2) is 47.2 Å². The third-order valence-corrected chi connectivity index (χ3v) is 4.44. The molecular formula is C20H18FN5O3. The van der Waals surface area contributed by atoms with Crippen molar-refractivity contribution < 1.29 is 18.8 Å². The van der Waals surface area contributed by atoms with Crippen molar-refractivity contribution in [1.29, 1.82) is 0 Å². The Morgan fingerprint density at radius 3 is 2.62 bits per heavy atom. The van der Waals surface area contributed by atoms with Gasteiger partial charge in [-0.2, -0.15) is 4.98 Å². The highest BCUT2D eigenvalue weighted by molar-refractivity contribution is 5.96. The van der Waals surface area contributed by atoms with Crippen LogP contribution >= 0.6 is 0 Å². The highest BCUT2D eigenvalue weighted by atomic mass is 19.1. The number of methoxy groups -OCH3 is 1. The summed E-state index contributed by atoms with van der Waals surface area (Å²) in [6, 6.07) is 9.22. The lowest BCUT2D eigenvalue weighted by atomic mass is 10.0. The molecule has 4 rings (SSSR count). The standard InChI is InChI=1S/C20H18FN5O3/c1-11-24-20(29-26-11)16(9-27)25-19-15-7-13(12-3-5-14(21)6-4-12)8-17(28-2)18(15)22-10-23-19/h3-8,10,16,27H,9H2,1-2H3,(H,22,23,25). The smallest absolute Gasteiger partial charge is 0.251 e. The Bertz CT molecular complexity index is 1150. The summed E-state index contributed by atoms with van der Waals surface area (Å²) in [5.74, 6) is 1.41. The lowest BCUT2D eigenvalue weighted by Crippen LogP contribution is -2.16. The van der Waals surface area contributed by atoms with Gasteiger partial charge in [-0.05, 0) is 42.3 Å². The minimum Gasteiger partial charge on any atom is -0.494 e. The Hall–Kier alpha value is -3.59. The van der Waals surface area contributed by atoms with E-state index in [9.17, 15) is 9.50 Å². The zero-order valence-electron chi connectivity index (χ0n) is 15.8. The van der Waals surface area contributed by atoms with E-state index >= 15 is 0 Å². The molecule has 4 aromatic rings. The maximum Gasteiger partial charge on any atom is 0.251 e. The van der Waals surface area contributed by atoms with Crippen molar-refractivity contribution in [2.75, 3.05) is 19.0 Å². The van der Waals surface area contributed by atoms with Crippen LogP contribution in [0.25, 0.3) is 22.0 Å². The van der Waals surface area contributed by atoms with Gasteiger partial charge in [0, 0.05) is 5.39 Å². The fourth-order valence-corrected chi connectivity index (χ4v) is 3.02. The van der Waals surface area contributed by atoms with Crippen LogP contribution in [0.5, 0.6) is 5.75 Å². The van der Waals surface area contributed by atoms with E-state index in [0.29, 0.717) is 28.3 Å². The number of aliphatic hydroxyl groups is 1. The van der Waals surface area contributed by atoms with Gasteiger partial charge in [-0.25, -0.2) is 14.4 Å². The van der Waals surface area contributed by atoms with Gasteiger partial charge >= 0.3 is 0 Å². The van der Waals surface area contributed by atoms with Crippen LogP contribution in [0.1, 0.15) is 17.8 Å². The molecule has 0 aliphatic rings. The van der Waals surface area contributed by atoms with Gasteiger partial charge in [-0.1, -0.05) is 17.3 Å². The predicted molar refractivity (Wildman–Crippen MR) is 104 cm³/mol. The quantitative estimate of drug-likeness (QED) is 0.512. The normalized spacial score (nSPS) is 12.1. The molecule has 2 N–H and O–H groups in total. The number of benzene rings is 2. The highest BCUT2D eigenvalue weighted by Crippen LogP contribution is 2.35. The molecule has 1 unspecified atom stereocenters. The number of fused-ring (bicyclic) bond motifs is 1. The number of aryl methyl sites for hydroxylation is 1. The molecule has 9 heteroatoms. The van der Waals surface area contributed by atoms with E-state index in [0.717, 1.165) is 11.1 Å². The number of anilines is 1. The van der Waals surface area contributed by atoms with Crippen molar-refractivity contribution in [3.8, 4) is 16.9 Å². The third-order valence-electron chi connectivity index (χ3n) is 4.44. The second-order valence-electron chi connectivity index (χ2n) is 6.36. The first-order chi connectivity index (χ1) is 14.1. The van der Waals surface area contributed by atoms with E-state index < -0.39 is 6.04 Å². The van der Waals surface area contributed by atoms with Crippen molar-refractivity contribution in [1.82, 2.24) is 20.1 Å². The number of aliphatic hydroxyl groups excluding tert-OH is 1. The molecule has 2 aromatic heterocycles. The first-order valence-electron chi connectivity index (χ1n) is 8.85. The Labute approximate surface area is 165 Å². The fourth-order valence-electron chi connectivity index (χ4n) is 3.02. The Kier molecular flexibility index (Phi) is 5.05. The summed E-state index contributed by atoms with van der Waals surface area (Å²) < 4.78 is 24.0. The average molecular weight is 395 g/mol. The van der Waals surface area contributed by atoms with Gasteiger partial charge < -0.3 is 19.7 Å². The van der Waals surface area contributed by atoms with Crippen LogP contribution in [0.4, 0.5) is 10.2 Å². The van der Waals surface area contributed by atoms with Gasteiger partial charge in [-0.3, -0.25) is 0 Å². The minimum absolute atomic E-state index is 0.249. The number of rotatable bonds is 6. The summed E-state index contributed by atoms with van der Waals surface area (Å²) in [5, 5.41) is 17.3. The first-order valence-corrected chi connectivity index (χ1v) is 8.85. The van der Waals surface area contributed by atoms with Crippen molar-refractivity contribution in [3.63, 3.8) is 0 Å². The Balaban J connectivity index is 1.81. The van der Waals surface area contributed by atoms with Gasteiger partial charge in [0.15, 0.2) is 5.82 Å². The van der Waals surface area contributed by atoms with Crippen LogP contribution in [-0.4, -0.2) is 38.9 Å². The van der Waals surface area contributed by atoms with Crippen LogP contribution in [0.2, 0.25) is 0 Å². The largest absolute Gasteiger partial charge is 0.494 e. The molecule has 0 saturated carbocycles. The molecule has 0 radical (unpaired) electrons. The second kappa shape index (κ2) is 7.80. The van der Waals surface area contributed by atoms with Crippen LogP contribution in [0.3, 0.4) is 0 Å². The molecule has 0 amide bonds. The summed E-state index contributed by atoms with van der Waals surface area (Å²) in [6.45, 7) is 1.42. The van der Waals surface area contributed by atoms with Crippen LogP contribution in [0, 0.1) is 12.7 Å². The number of hydrogen-bond donors (Lipinski definition) is 2. The molecule has 1 atom stereocenters. The maximum absolute atomic E-state index is 13.3. The summed E-state index contributed by atoms with van der Waals surface area (Å²) in [7, 11) is 1.55. The molecule has 0 fully saturated rings. The van der Waals surface area contributed by atoms with Crippen LogP contribution < -0.4 is 10.1 Å². The monoisotopic (exact) mass is 395 g/mol. The highest BCUT2D eigenvalue weighted by Gasteiger charge is 2.20. The van der Waals surface area contributed by atoms with Crippen LogP contribution in [-0.2, 0) is 0 Å². The molecular weight excluding hydrogens is 377 g/mol. The predicted octanol–water partition coefficient (Wildman–Crippen LogP) is 3.28. The summed E-state index contributed by atoms with van der Waals surface area (Å²) in [6.07, 6.45) is 1.40. The SMILES string of the molecule is COc1cc(-c2ccc(F)cc2)cc2c(NC(CO)c3nc(C)no3)ncnc12. The van der Waals surface area contributed by atoms with E-state index in [2.05, 4.69) is 25.4 Å². The van der Waals surface area contributed by atoms with Gasteiger partial charge in [0.1, 0.15) is 35.3 Å². The number of aromatic nitrogens is 4. The summed E-state index contributed by atoms with van der Waals surface area (Å²) in [4.78, 5) is 12.8. The van der Waals surface area contributed by atoms with Gasteiger partial charge in [0.25, 0.3) is 5.89 Å². The van der Waals surface area contributed by atoms with Crippen molar-refractivity contribution >= 4 is 16.7 Å². The van der Waals surface area contributed by atoms with Crippen molar-refractivity contribution in [2.45, 2.75) is 13.0 Å². The number of ether oxygens (including phenoxy) is 1. The van der Waals surface area contributed by atoms with E-state index in [-0.39, 0.29) is 18.3 Å². The number of hydrogen-bond acceptors (Lipinski definition) is 8. The maximum atomic E-state index is 13.3. The lowest BCUT2D eigenvalue weighted by Gasteiger charge is -2.16. The molecule has 8 nitrogen and oxygen atoms in total. The van der Waals surface area contributed by atoms with Gasteiger partial charge in [0.2, 0.25) is 0 Å². The summed E-state index contributed by atoms with van der Waals surface area (Å²) >= 11 is 0. The molecule has 0 aliphatic carbocycles. The average Bonchev–Trinajstić information content (AvgIpc) is 3.17. The second-order valence-corrected chi connectivity index (χ2v) is 6.36. The molecule has 0 aliphatic heterocycles. The molecule has 148 valence electrons. The third kappa shape index (κ3) is 3.72. The topological polar surface area (TPSA) is 106 Å². The molecule has 2 heterocycles. The zero-order chi connectivity index (χ0) is 20.4. The lowest BCUT2D eigenvalue weighted by molar-refractivity contribution is 0.246. The van der Waals surface area contributed by atoms with Crippen molar-refractivity contribution in [3.05, 3.63) is 60.3 Å². The van der Waals surface area contributed by atoms with E-state index in [1.165, 1.54) is 18.5 Å². The number of nitrogens with zero attached hydrogens (tertiary/aromatic N) is 4. The summed E-state index contributed by atoms with van der Waals surface area (Å²) in [5.41, 5.74) is 2.21. The van der Waals surface area contributed by atoms with E-state index in [1.54, 1.807) is 26.2 Å². The molecule has 0 bridgehead atoms. The zero-order valence-corrected chi connectivity index (χ0v) is 15.8. The molecule has 2 aromatic carbocycles. The van der Waals surface area contributed by atoms with E-state index in [1.807, 2.05) is 12.1 Å². The van der Waals surface area contributed by atoms with E-state index in [4.69, 9.17) is 9.26 Å². The van der Waals surface area contributed by atoms with Gasteiger partial charge in [-0.15, -0.1) is 0 Å². The molecule has 29 heavy (non-hydrogen) atoms. The molecule has 0 spiro atoms. The number of halogens is 1. The Morgan fingerprint density at radius 1 is 1.17 bits per heavy atom. The van der Waals surface area contributed by atoms with Gasteiger partial charge in [0.05, 0.1) is 13.7 Å². The molecule has 0 saturated heterocycles. The van der Waals surface area contributed by atoms with Crippen molar-refractivity contribution in [2.24, 2.45) is 0 Å². The fraction of sp³-hybridized carbons (Fsp3) is 0.200. The first kappa shape index (κ1) is 18.8. The minimum atomic E-state index is -0.644.